The lowest BCUT2D eigenvalue weighted by atomic mass is 10.0. The molecule has 2 fully saturated rings. The van der Waals surface area contributed by atoms with E-state index in [0.29, 0.717) is 0 Å². The lowest BCUT2D eigenvalue weighted by Gasteiger charge is -2.32. The lowest BCUT2D eigenvalue weighted by Crippen LogP contribution is -2.43. The van der Waals surface area contributed by atoms with Crippen LogP contribution in [0.3, 0.4) is 0 Å². The van der Waals surface area contributed by atoms with E-state index < -0.39 is 0 Å². The number of thioether (sulfide) groups is 1. The van der Waals surface area contributed by atoms with Crippen LogP contribution in [0.2, 0.25) is 0 Å². The minimum Gasteiger partial charge on any atom is -0.314 e. The molecular formula is C14H28N2S. The van der Waals surface area contributed by atoms with E-state index >= 15 is 0 Å². The van der Waals surface area contributed by atoms with Crippen molar-refractivity contribution in [3.05, 3.63) is 0 Å². The topological polar surface area (TPSA) is 15.3 Å². The van der Waals surface area contributed by atoms with E-state index in [0.717, 1.165) is 12.0 Å². The SMILES string of the molecule is CSCCCCN1CCC(NCC2CC2)CC1. The van der Waals surface area contributed by atoms with Gasteiger partial charge in [-0.15, -0.1) is 0 Å². The van der Waals surface area contributed by atoms with E-state index in [1.165, 1.54) is 70.5 Å². The van der Waals surface area contributed by atoms with Gasteiger partial charge in [0.15, 0.2) is 0 Å². The molecule has 0 bridgehead atoms. The molecule has 2 aliphatic rings. The van der Waals surface area contributed by atoms with Gasteiger partial charge in [0, 0.05) is 6.04 Å². The van der Waals surface area contributed by atoms with E-state index in [2.05, 4.69) is 16.5 Å². The summed E-state index contributed by atoms with van der Waals surface area (Å²) in [5.74, 6) is 2.36. The second-order valence-electron chi connectivity index (χ2n) is 5.67. The third-order valence-corrected chi connectivity index (χ3v) is 4.75. The van der Waals surface area contributed by atoms with Crippen molar-refractivity contribution in [1.82, 2.24) is 10.2 Å². The highest BCUT2D eigenvalue weighted by Gasteiger charge is 2.24. The molecule has 17 heavy (non-hydrogen) atoms. The minimum absolute atomic E-state index is 0.818. The molecule has 1 N–H and O–H groups in total. The van der Waals surface area contributed by atoms with Crippen LogP contribution in [-0.4, -0.2) is 49.1 Å². The Morgan fingerprint density at radius 1 is 1.12 bits per heavy atom. The first-order chi connectivity index (χ1) is 8.38. The van der Waals surface area contributed by atoms with Crippen molar-refractivity contribution in [2.45, 2.75) is 44.6 Å². The molecule has 0 atom stereocenters. The molecule has 0 unspecified atom stereocenters. The number of likely N-dealkylation sites (tertiary alicyclic amines) is 1. The molecule has 1 saturated carbocycles. The third-order valence-electron chi connectivity index (χ3n) is 4.05. The van der Waals surface area contributed by atoms with Crippen LogP contribution in [-0.2, 0) is 0 Å². The quantitative estimate of drug-likeness (QED) is 0.672. The Bertz CT molecular complexity index is 198. The summed E-state index contributed by atoms with van der Waals surface area (Å²) in [6.45, 7) is 5.26. The zero-order chi connectivity index (χ0) is 11.9. The van der Waals surface area contributed by atoms with Crippen LogP contribution in [0.4, 0.5) is 0 Å². The highest BCUT2D eigenvalue weighted by atomic mass is 32.2. The zero-order valence-electron chi connectivity index (χ0n) is 11.3. The predicted octanol–water partition coefficient (Wildman–Crippen LogP) is 2.59. The number of piperidine rings is 1. The molecular weight excluding hydrogens is 228 g/mol. The molecule has 2 rings (SSSR count). The monoisotopic (exact) mass is 256 g/mol. The van der Waals surface area contributed by atoms with Gasteiger partial charge in [-0.3, -0.25) is 0 Å². The number of hydrogen-bond acceptors (Lipinski definition) is 3. The minimum atomic E-state index is 0.818. The highest BCUT2D eigenvalue weighted by molar-refractivity contribution is 7.98. The molecule has 0 spiro atoms. The number of nitrogens with one attached hydrogen (secondary N) is 1. The van der Waals surface area contributed by atoms with E-state index in [4.69, 9.17) is 0 Å². The second kappa shape index (κ2) is 7.65. The number of nitrogens with zero attached hydrogens (tertiary/aromatic N) is 1. The van der Waals surface area contributed by atoms with Gasteiger partial charge in [0.25, 0.3) is 0 Å². The van der Waals surface area contributed by atoms with E-state index in [-0.39, 0.29) is 0 Å². The van der Waals surface area contributed by atoms with Crippen LogP contribution in [0, 0.1) is 5.92 Å². The molecule has 0 amide bonds. The molecule has 100 valence electrons. The largest absolute Gasteiger partial charge is 0.314 e. The van der Waals surface area contributed by atoms with Crippen LogP contribution >= 0.6 is 11.8 Å². The van der Waals surface area contributed by atoms with Crippen LogP contribution in [0.25, 0.3) is 0 Å². The van der Waals surface area contributed by atoms with Crippen LogP contribution in [0.5, 0.6) is 0 Å². The van der Waals surface area contributed by atoms with Gasteiger partial charge in [0.2, 0.25) is 0 Å². The summed E-state index contributed by atoms with van der Waals surface area (Å²) in [6.07, 6.45) is 10.7. The molecule has 0 aromatic carbocycles. The summed E-state index contributed by atoms with van der Waals surface area (Å²) in [4.78, 5) is 2.66. The maximum Gasteiger partial charge on any atom is 0.00915 e. The van der Waals surface area contributed by atoms with Crippen molar-refractivity contribution in [2.24, 2.45) is 5.92 Å². The average Bonchev–Trinajstić information content (AvgIpc) is 3.18. The van der Waals surface area contributed by atoms with Gasteiger partial charge in [0.1, 0.15) is 0 Å². The Labute approximate surface area is 111 Å². The van der Waals surface area contributed by atoms with E-state index in [1.54, 1.807) is 0 Å². The molecule has 0 radical (unpaired) electrons. The molecule has 1 saturated heterocycles. The zero-order valence-corrected chi connectivity index (χ0v) is 12.1. The van der Waals surface area contributed by atoms with Crippen LogP contribution in [0.1, 0.15) is 38.5 Å². The molecule has 2 nitrogen and oxygen atoms in total. The maximum atomic E-state index is 3.75. The Hall–Kier alpha value is 0.270. The summed E-state index contributed by atoms with van der Waals surface area (Å²) >= 11 is 1.98. The average molecular weight is 256 g/mol. The van der Waals surface area contributed by atoms with Crippen LogP contribution < -0.4 is 5.32 Å². The predicted molar refractivity (Wildman–Crippen MR) is 77.8 cm³/mol. The Balaban J connectivity index is 1.48. The fourth-order valence-corrected chi connectivity index (χ4v) is 3.09. The smallest absolute Gasteiger partial charge is 0.00915 e. The summed E-state index contributed by atoms with van der Waals surface area (Å²) in [6, 6.07) is 0.818. The molecule has 1 aliphatic carbocycles. The fourth-order valence-electron chi connectivity index (χ4n) is 2.60. The third kappa shape index (κ3) is 5.62. The first-order valence-corrected chi connectivity index (χ1v) is 8.72. The Morgan fingerprint density at radius 3 is 2.53 bits per heavy atom. The second-order valence-corrected chi connectivity index (χ2v) is 6.65. The van der Waals surface area contributed by atoms with Crippen molar-refractivity contribution >= 4 is 11.8 Å². The summed E-state index contributed by atoms with van der Waals surface area (Å²) in [5, 5.41) is 3.75. The van der Waals surface area contributed by atoms with Crippen molar-refractivity contribution < 1.29 is 0 Å². The molecule has 0 aromatic rings. The Kier molecular flexibility index (Phi) is 6.16. The number of rotatable bonds is 8. The van der Waals surface area contributed by atoms with Gasteiger partial charge in [-0.25, -0.2) is 0 Å². The highest BCUT2D eigenvalue weighted by Crippen LogP contribution is 2.28. The first-order valence-electron chi connectivity index (χ1n) is 7.33. The molecule has 3 heteroatoms. The van der Waals surface area contributed by atoms with Gasteiger partial charge < -0.3 is 10.2 Å². The lowest BCUT2D eigenvalue weighted by molar-refractivity contribution is 0.195. The molecule has 1 aliphatic heterocycles. The fraction of sp³-hybridized carbons (Fsp3) is 1.00. The summed E-state index contributed by atoms with van der Waals surface area (Å²) < 4.78 is 0. The number of unbranched alkanes of at least 4 members (excludes halogenated alkanes) is 1. The van der Waals surface area contributed by atoms with E-state index in [9.17, 15) is 0 Å². The van der Waals surface area contributed by atoms with Crippen molar-refractivity contribution in [2.75, 3.05) is 38.2 Å². The van der Waals surface area contributed by atoms with Crippen LogP contribution in [0.15, 0.2) is 0 Å². The van der Waals surface area contributed by atoms with Gasteiger partial charge in [0.05, 0.1) is 0 Å². The maximum absolute atomic E-state index is 3.75. The van der Waals surface area contributed by atoms with Gasteiger partial charge in [-0.2, -0.15) is 11.8 Å². The van der Waals surface area contributed by atoms with Gasteiger partial charge in [-0.05, 0) is 82.6 Å². The summed E-state index contributed by atoms with van der Waals surface area (Å²) in [7, 11) is 0. The molecule has 0 aromatic heterocycles. The van der Waals surface area contributed by atoms with E-state index in [1.807, 2.05) is 11.8 Å². The van der Waals surface area contributed by atoms with Crippen molar-refractivity contribution in [3.8, 4) is 0 Å². The van der Waals surface area contributed by atoms with Crippen molar-refractivity contribution in [1.29, 1.82) is 0 Å². The number of hydrogen-bond donors (Lipinski definition) is 1. The molecule has 1 heterocycles. The summed E-state index contributed by atoms with van der Waals surface area (Å²) in [5.41, 5.74) is 0. The standard InChI is InChI=1S/C14H28N2S/c1-17-11-3-2-8-16-9-6-14(7-10-16)15-12-13-4-5-13/h13-15H,2-12H2,1H3. The Morgan fingerprint density at radius 2 is 1.88 bits per heavy atom. The normalized spacial score (nSPS) is 23.1. The first kappa shape index (κ1) is 13.7. The van der Waals surface area contributed by atoms with Gasteiger partial charge >= 0.3 is 0 Å². The van der Waals surface area contributed by atoms with Crippen molar-refractivity contribution in [3.63, 3.8) is 0 Å². The van der Waals surface area contributed by atoms with Gasteiger partial charge in [-0.1, -0.05) is 0 Å².